The number of carboxylic acid groups (broad SMARTS) is 1. The van der Waals surface area contributed by atoms with Gasteiger partial charge in [-0.05, 0) is 49.2 Å². The van der Waals surface area contributed by atoms with Gasteiger partial charge in [0, 0.05) is 53.8 Å². The second kappa shape index (κ2) is 15.9. The zero-order valence-corrected chi connectivity index (χ0v) is 26.5. The monoisotopic (exact) mass is 694 g/mol. The van der Waals surface area contributed by atoms with E-state index >= 15 is 0 Å². The molecule has 250 valence electrons. The molecule has 0 unspecified atom stereocenters. The lowest BCUT2D eigenvalue weighted by molar-refractivity contribution is -0.192. The first-order valence-corrected chi connectivity index (χ1v) is 15.7. The average molecular weight is 695 g/mol. The number of carboxylic acids is 1. The summed E-state index contributed by atoms with van der Waals surface area (Å²) < 4.78 is 51.3. The molecular formula is C30H30F4N6O5S2. The molecule has 1 saturated heterocycles. The highest BCUT2D eigenvalue weighted by atomic mass is 32.2. The molecule has 47 heavy (non-hydrogen) atoms. The van der Waals surface area contributed by atoms with Crippen LogP contribution in [0.3, 0.4) is 0 Å². The number of hydrogen-bond donors (Lipinski definition) is 4. The summed E-state index contributed by atoms with van der Waals surface area (Å²) in [6, 6.07) is 13.2. The van der Waals surface area contributed by atoms with Gasteiger partial charge < -0.3 is 30.5 Å². The molecule has 0 spiro atoms. The number of thiazole rings is 1. The molecule has 1 fully saturated rings. The number of hydrogen-bond acceptors (Lipinski definition) is 10. The second-order valence-electron chi connectivity index (χ2n) is 10.3. The minimum absolute atomic E-state index is 0.0802. The predicted octanol–water partition coefficient (Wildman–Crippen LogP) is 6.45. The van der Waals surface area contributed by atoms with Crippen LogP contribution in [-0.2, 0) is 10.2 Å². The van der Waals surface area contributed by atoms with Gasteiger partial charge in [0.2, 0.25) is 0 Å². The van der Waals surface area contributed by atoms with Gasteiger partial charge in [0.1, 0.15) is 16.6 Å². The van der Waals surface area contributed by atoms with E-state index in [9.17, 15) is 22.4 Å². The highest BCUT2D eigenvalue weighted by molar-refractivity contribution is 7.99. The van der Waals surface area contributed by atoms with E-state index in [4.69, 9.17) is 24.7 Å². The normalized spacial score (nSPS) is 14.0. The molecule has 5 rings (SSSR count). The Hall–Kier alpha value is -4.48. The number of carbonyl (C=O) groups is 2. The number of benzene rings is 1. The molecule has 1 aliphatic heterocycles. The summed E-state index contributed by atoms with van der Waals surface area (Å²) in [6.07, 6.45) is -0.0522. The molecule has 1 aliphatic rings. The number of aliphatic carboxylic acids is 1. The van der Waals surface area contributed by atoms with Crippen LogP contribution < -0.4 is 15.4 Å². The molecule has 11 nitrogen and oxygen atoms in total. The topological polar surface area (TPSA) is 150 Å². The van der Waals surface area contributed by atoms with Crippen molar-refractivity contribution in [2.75, 3.05) is 31.6 Å². The fourth-order valence-corrected chi connectivity index (χ4v) is 5.90. The summed E-state index contributed by atoms with van der Waals surface area (Å²) in [7, 11) is 0. The van der Waals surface area contributed by atoms with Gasteiger partial charge in [-0.15, -0.1) is 11.3 Å². The van der Waals surface area contributed by atoms with Crippen molar-refractivity contribution in [3.8, 4) is 11.5 Å². The SMILES string of the molecule is CC1(c2csc(Nc3ncc(Sc4ccccn4)cc3Oc3ccc(F)cc3)n2)CCN(C(=O)NCCO)CC1.O=C(O)C(F)(F)F. The van der Waals surface area contributed by atoms with Crippen LogP contribution in [0.15, 0.2) is 76.2 Å². The molecule has 17 heteroatoms. The van der Waals surface area contributed by atoms with Crippen LogP contribution in [-0.4, -0.2) is 74.5 Å². The van der Waals surface area contributed by atoms with Gasteiger partial charge in [0.25, 0.3) is 0 Å². The number of urea groups is 1. The Morgan fingerprint density at radius 1 is 1.13 bits per heavy atom. The number of rotatable bonds is 9. The third-order valence-corrected chi connectivity index (χ3v) is 8.53. The van der Waals surface area contributed by atoms with Crippen molar-refractivity contribution in [2.24, 2.45) is 0 Å². The van der Waals surface area contributed by atoms with Crippen LogP contribution in [0, 0.1) is 5.82 Å². The van der Waals surface area contributed by atoms with Crippen molar-refractivity contribution in [1.82, 2.24) is 25.2 Å². The molecule has 0 radical (unpaired) electrons. The number of pyridine rings is 2. The highest BCUT2D eigenvalue weighted by Gasteiger charge is 2.38. The number of aliphatic hydroxyl groups excluding tert-OH is 1. The number of piperidine rings is 1. The van der Waals surface area contributed by atoms with Crippen molar-refractivity contribution in [2.45, 2.75) is 41.3 Å². The minimum atomic E-state index is -5.08. The summed E-state index contributed by atoms with van der Waals surface area (Å²) >= 11 is 2.93. The number of ether oxygens (including phenoxy) is 1. The molecule has 4 aromatic rings. The van der Waals surface area contributed by atoms with E-state index in [2.05, 4.69) is 27.5 Å². The second-order valence-corrected chi connectivity index (χ2v) is 12.3. The third kappa shape index (κ3) is 10.3. The Labute approximate surface area is 275 Å². The van der Waals surface area contributed by atoms with Gasteiger partial charge in [-0.3, -0.25) is 0 Å². The molecule has 0 aliphatic carbocycles. The number of amides is 2. The maximum atomic E-state index is 13.5. The number of aromatic nitrogens is 3. The summed E-state index contributed by atoms with van der Waals surface area (Å²) in [5.74, 6) is -1.67. The van der Waals surface area contributed by atoms with E-state index in [0.717, 1.165) is 28.5 Å². The lowest BCUT2D eigenvalue weighted by Gasteiger charge is -2.38. The first-order valence-electron chi connectivity index (χ1n) is 14.1. The average Bonchev–Trinajstić information content (AvgIpc) is 3.52. The summed E-state index contributed by atoms with van der Waals surface area (Å²) in [4.78, 5) is 37.6. The Morgan fingerprint density at radius 2 is 1.83 bits per heavy atom. The largest absolute Gasteiger partial charge is 0.490 e. The molecule has 0 saturated carbocycles. The van der Waals surface area contributed by atoms with E-state index in [1.807, 2.05) is 29.6 Å². The molecule has 0 bridgehead atoms. The Balaban J connectivity index is 0.000000644. The first-order chi connectivity index (χ1) is 22.4. The summed E-state index contributed by atoms with van der Waals surface area (Å²) in [6.45, 7) is 3.56. The molecular weight excluding hydrogens is 664 g/mol. The van der Waals surface area contributed by atoms with Crippen molar-refractivity contribution in [1.29, 1.82) is 0 Å². The van der Waals surface area contributed by atoms with Gasteiger partial charge in [-0.25, -0.2) is 28.9 Å². The number of aliphatic hydroxyl groups is 1. The number of halogens is 4. The Morgan fingerprint density at radius 3 is 2.45 bits per heavy atom. The fourth-order valence-electron chi connectivity index (χ4n) is 4.26. The molecule has 4 heterocycles. The van der Waals surface area contributed by atoms with Gasteiger partial charge in [0.05, 0.1) is 12.3 Å². The zero-order chi connectivity index (χ0) is 34.0. The lowest BCUT2D eigenvalue weighted by atomic mass is 9.78. The van der Waals surface area contributed by atoms with Crippen LogP contribution in [0.4, 0.5) is 33.3 Å². The van der Waals surface area contributed by atoms with Gasteiger partial charge >= 0.3 is 18.2 Å². The van der Waals surface area contributed by atoms with E-state index < -0.39 is 12.1 Å². The number of nitrogens with zero attached hydrogens (tertiary/aromatic N) is 4. The Kier molecular flexibility index (Phi) is 12.0. The van der Waals surface area contributed by atoms with Crippen molar-refractivity contribution in [3.63, 3.8) is 0 Å². The standard InChI is InChI=1S/C28H29FN6O3S2.C2HF3O2/c1-28(9-13-35(14-10-28)27(37)31-12-15-36)23-18-39-26(33-23)34-25-22(38-20-7-5-19(29)6-8-20)16-21(17-32-25)40-24-4-2-3-11-30-24;3-2(4,5)1(6)7/h2-8,11,16-18,36H,9-10,12-15H2,1H3,(H,31,37)(H,32,33,34);(H,6,7). The Bertz CT molecular complexity index is 1640. The van der Waals surface area contributed by atoms with Gasteiger partial charge in [-0.1, -0.05) is 24.8 Å². The maximum Gasteiger partial charge on any atom is 0.490 e. The smallest absolute Gasteiger partial charge is 0.475 e. The van der Waals surface area contributed by atoms with E-state index in [0.29, 0.717) is 35.5 Å². The number of likely N-dealkylation sites (tertiary alicyclic amines) is 1. The van der Waals surface area contributed by atoms with E-state index in [1.165, 1.54) is 35.2 Å². The fraction of sp³-hybridized carbons (Fsp3) is 0.300. The number of nitrogens with one attached hydrogen (secondary N) is 2. The maximum absolute atomic E-state index is 13.5. The van der Waals surface area contributed by atoms with Gasteiger partial charge in [0.15, 0.2) is 16.7 Å². The highest BCUT2D eigenvalue weighted by Crippen LogP contribution is 2.39. The number of alkyl halides is 3. The summed E-state index contributed by atoms with van der Waals surface area (Å²) in [5, 5.41) is 25.6. The van der Waals surface area contributed by atoms with Crippen LogP contribution in [0.1, 0.15) is 25.5 Å². The minimum Gasteiger partial charge on any atom is -0.475 e. The van der Waals surface area contributed by atoms with Crippen molar-refractivity contribution >= 4 is 46.0 Å². The van der Waals surface area contributed by atoms with Crippen LogP contribution in [0.2, 0.25) is 0 Å². The quantitative estimate of drug-likeness (QED) is 0.144. The van der Waals surface area contributed by atoms with Gasteiger partial charge in [-0.2, -0.15) is 13.2 Å². The van der Waals surface area contributed by atoms with E-state index in [1.54, 1.807) is 29.4 Å². The molecule has 2 amide bonds. The zero-order valence-electron chi connectivity index (χ0n) is 24.8. The predicted molar refractivity (Wildman–Crippen MR) is 167 cm³/mol. The lowest BCUT2D eigenvalue weighted by Crippen LogP contribution is -2.48. The van der Waals surface area contributed by atoms with Crippen LogP contribution in [0.25, 0.3) is 0 Å². The van der Waals surface area contributed by atoms with Crippen molar-refractivity contribution in [3.05, 3.63) is 77.8 Å². The van der Waals surface area contributed by atoms with Crippen LogP contribution in [0.5, 0.6) is 11.5 Å². The number of anilines is 2. The van der Waals surface area contributed by atoms with E-state index in [-0.39, 0.29) is 30.4 Å². The first kappa shape index (κ1) is 35.4. The molecule has 4 N–H and O–H groups in total. The number of carbonyl (C=O) groups excluding carboxylic acids is 1. The van der Waals surface area contributed by atoms with Crippen LogP contribution >= 0.6 is 23.1 Å². The molecule has 1 aromatic carbocycles. The molecule has 0 atom stereocenters. The third-order valence-electron chi connectivity index (χ3n) is 6.86. The molecule has 3 aromatic heterocycles. The van der Waals surface area contributed by atoms with Crippen molar-refractivity contribution < 1.29 is 42.1 Å². The summed E-state index contributed by atoms with van der Waals surface area (Å²) in [5.41, 5.74) is 0.785.